The molecule has 0 amide bonds. The van der Waals surface area contributed by atoms with Crippen molar-refractivity contribution in [2.24, 2.45) is 0 Å². The second kappa shape index (κ2) is 4.13. The van der Waals surface area contributed by atoms with Crippen LogP contribution in [0.5, 0.6) is 5.75 Å². The molecule has 0 aliphatic carbocycles. The Labute approximate surface area is 89.2 Å². The fraction of sp³-hybridized carbons (Fsp3) is 0.154. The lowest BCUT2D eigenvalue weighted by molar-refractivity contribution is 0.465. The number of hydrogen-bond donors (Lipinski definition) is 1. The van der Waals surface area contributed by atoms with Crippen LogP contribution in [0, 0.1) is 6.92 Å². The molecular formula is C13H13NO. The molecule has 0 saturated carbocycles. The first-order valence-electron chi connectivity index (χ1n) is 4.95. The van der Waals surface area contributed by atoms with E-state index in [0.29, 0.717) is 6.42 Å². The minimum absolute atomic E-state index is 0.268. The highest BCUT2D eigenvalue weighted by molar-refractivity contribution is 5.32. The van der Waals surface area contributed by atoms with E-state index in [0.717, 1.165) is 17.0 Å². The molecule has 0 spiro atoms. The van der Waals surface area contributed by atoms with Gasteiger partial charge in [0.05, 0.1) is 5.69 Å². The molecule has 1 heterocycles. The number of aromatic hydroxyl groups is 1. The fourth-order valence-electron chi connectivity index (χ4n) is 1.52. The first-order chi connectivity index (χ1) is 7.25. The number of aryl methyl sites for hydroxylation is 1. The van der Waals surface area contributed by atoms with Crippen LogP contribution in [0.2, 0.25) is 0 Å². The Balaban J connectivity index is 2.28. The second-order valence-electron chi connectivity index (χ2n) is 3.58. The number of aromatic nitrogens is 1. The Bertz CT molecular complexity index is 451. The summed E-state index contributed by atoms with van der Waals surface area (Å²) in [7, 11) is 0. The molecule has 0 aliphatic rings. The number of benzene rings is 1. The molecule has 2 rings (SSSR count). The maximum atomic E-state index is 9.63. The predicted octanol–water partition coefficient (Wildman–Crippen LogP) is 2.69. The standard InChI is InChI=1S/C13H13NO/c1-10-7-8-13(15)12(14-10)9-11-5-3-2-4-6-11/h2-8,15H,9H2,1H3. The van der Waals surface area contributed by atoms with Gasteiger partial charge in [-0.05, 0) is 24.6 Å². The van der Waals surface area contributed by atoms with Crippen molar-refractivity contribution in [3.8, 4) is 5.75 Å². The molecule has 0 unspecified atom stereocenters. The maximum Gasteiger partial charge on any atom is 0.137 e. The number of pyridine rings is 1. The second-order valence-corrected chi connectivity index (χ2v) is 3.58. The van der Waals surface area contributed by atoms with Gasteiger partial charge in [0.15, 0.2) is 0 Å². The summed E-state index contributed by atoms with van der Waals surface area (Å²) < 4.78 is 0. The molecule has 0 fully saturated rings. The summed E-state index contributed by atoms with van der Waals surface area (Å²) in [6.45, 7) is 1.92. The van der Waals surface area contributed by atoms with E-state index in [9.17, 15) is 5.11 Å². The summed E-state index contributed by atoms with van der Waals surface area (Å²) >= 11 is 0. The zero-order valence-electron chi connectivity index (χ0n) is 8.64. The molecule has 2 heteroatoms. The van der Waals surface area contributed by atoms with Crippen molar-refractivity contribution >= 4 is 0 Å². The summed E-state index contributed by atoms with van der Waals surface area (Å²) in [6.07, 6.45) is 0.675. The average Bonchev–Trinajstić information content (AvgIpc) is 2.25. The van der Waals surface area contributed by atoms with Crippen molar-refractivity contribution < 1.29 is 5.11 Å². The van der Waals surface area contributed by atoms with Gasteiger partial charge in [-0.15, -0.1) is 0 Å². The average molecular weight is 199 g/mol. The topological polar surface area (TPSA) is 33.1 Å². The SMILES string of the molecule is Cc1ccc(O)c(Cc2ccccc2)n1. The highest BCUT2D eigenvalue weighted by Gasteiger charge is 2.03. The molecule has 0 atom stereocenters. The van der Waals surface area contributed by atoms with Crippen molar-refractivity contribution in [2.45, 2.75) is 13.3 Å². The van der Waals surface area contributed by atoms with Crippen LogP contribution in [0.3, 0.4) is 0 Å². The molecular weight excluding hydrogens is 186 g/mol. The van der Waals surface area contributed by atoms with Crippen LogP contribution in [0.15, 0.2) is 42.5 Å². The highest BCUT2D eigenvalue weighted by atomic mass is 16.3. The summed E-state index contributed by atoms with van der Waals surface area (Å²) in [6, 6.07) is 13.5. The normalized spacial score (nSPS) is 10.2. The van der Waals surface area contributed by atoms with E-state index in [4.69, 9.17) is 0 Å². The summed E-state index contributed by atoms with van der Waals surface area (Å²) in [5.41, 5.74) is 2.82. The van der Waals surface area contributed by atoms with Gasteiger partial charge in [0, 0.05) is 12.1 Å². The van der Waals surface area contributed by atoms with Gasteiger partial charge < -0.3 is 5.11 Å². The fourth-order valence-corrected chi connectivity index (χ4v) is 1.52. The Morgan fingerprint density at radius 3 is 2.53 bits per heavy atom. The first-order valence-corrected chi connectivity index (χ1v) is 4.95. The third kappa shape index (κ3) is 2.34. The van der Waals surface area contributed by atoms with Gasteiger partial charge in [-0.3, -0.25) is 4.98 Å². The molecule has 0 bridgehead atoms. The van der Waals surface area contributed by atoms with Gasteiger partial charge in [0.2, 0.25) is 0 Å². The lowest BCUT2D eigenvalue weighted by atomic mass is 10.1. The smallest absolute Gasteiger partial charge is 0.137 e. The van der Waals surface area contributed by atoms with Gasteiger partial charge in [0.1, 0.15) is 5.75 Å². The van der Waals surface area contributed by atoms with Crippen LogP contribution in [-0.2, 0) is 6.42 Å². The van der Waals surface area contributed by atoms with Gasteiger partial charge >= 0.3 is 0 Å². The predicted molar refractivity (Wildman–Crippen MR) is 59.9 cm³/mol. The first kappa shape index (κ1) is 9.71. The number of nitrogens with zero attached hydrogens (tertiary/aromatic N) is 1. The zero-order valence-corrected chi connectivity index (χ0v) is 8.64. The molecule has 1 N–H and O–H groups in total. The van der Waals surface area contributed by atoms with Gasteiger partial charge in [-0.25, -0.2) is 0 Å². The minimum atomic E-state index is 0.268. The Hall–Kier alpha value is -1.83. The lowest BCUT2D eigenvalue weighted by Crippen LogP contribution is -1.94. The molecule has 2 aromatic rings. The highest BCUT2D eigenvalue weighted by Crippen LogP contribution is 2.18. The summed E-state index contributed by atoms with van der Waals surface area (Å²) in [5.74, 6) is 0.268. The Morgan fingerprint density at radius 2 is 1.80 bits per heavy atom. The van der Waals surface area contributed by atoms with E-state index in [-0.39, 0.29) is 5.75 Å². The van der Waals surface area contributed by atoms with E-state index in [1.54, 1.807) is 6.07 Å². The summed E-state index contributed by atoms with van der Waals surface area (Å²) in [4.78, 5) is 4.32. The van der Waals surface area contributed by atoms with Crippen LogP contribution in [0.1, 0.15) is 17.0 Å². The molecule has 76 valence electrons. The third-order valence-electron chi connectivity index (χ3n) is 2.30. The molecule has 0 aliphatic heterocycles. The molecule has 1 aromatic carbocycles. The lowest BCUT2D eigenvalue weighted by Gasteiger charge is -2.04. The number of rotatable bonds is 2. The monoisotopic (exact) mass is 199 g/mol. The number of hydrogen-bond acceptors (Lipinski definition) is 2. The van der Waals surface area contributed by atoms with Crippen LogP contribution >= 0.6 is 0 Å². The summed E-state index contributed by atoms with van der Waals surface area (Å²) in [5, 5.41) is 9.63. The molecule has 0 radical (unpaired) electrons. The van der Waals surface area contributed by atoms with Crippen molar-refractivity contribution in [2.75, 3.05) is 0 Å². The minimum Gasteiger partial charge on any atom is -0.506 e. The van der Waals surface area contributed by atoms with Crippen molar-refractivity contribution in [1.29, 1.82) is 0 Å². The molecule has 15 heavy (non-hydrogen) atoms. The third-order valence-corrected chi connectivity index (χ3v) is 2.30. The Kier molecular flexibility index (Phi) is 2.68. The van der Waals surface area contributed by atoms with E-state index in [1.807, 2.05) is 43.3 Å². The van der Waals surface area contributed by atoms with Crippen LogP contribution in [0.4, 0.5) is 0 Å². The van der Waals surface area contributed by atoms with Crippen LogP contribution in [-0.4, -0.2) is 10.1 Å². The van der Waals surface area contributed by atoms with Crippen LogP contribution < -0.4 is 0 Å². The van der Waals surface area contributed by atoms with Gasteiger partial charge in [-0.1, -0.05) is 30.3 Å². The van der Waals surface area contributed by atoms with E-state index >= 15 is 0 Å². The van der Waals surface area contributed by atoms with Gasteiger partial charge in [-0.2, -0.15) is 0 Å². The molecule has 2 nitrogen and oxygen atoms in total. The van der Waals surface area contributed by atoms with E-state index in [1.165, 1.54) is 0 Å². The largest absolute Gasteiger partial charge is 0.506 e. The van der Waals surface area contributed by atoms with Crippen molar-refractivity contribution in [1.82, 2.24) is 4.98 Å². The molecule has 0 saturated heterocycles. The van der Waals surface area contributed by atoms with Crippen molar-refractivity contribution in [3.63, 3.8) is 0 Å². The zero-order chi connectivity index (χ0) is 10.7. The quantitative estimate of drug-likeness (QED) is 0.806. The Morgan fingerprint density at radius 1 is 1.07 bits per heavy atom. The van der Waals surface area contributed by atoms with E-state index < -0.39 is 0 Å². The van der Waals surface area contributed by atoms with Gasteiger partial charge in [0.25, 0.3) is 0 Å². The molecule has 1 aromatic heterocycles. The van der Waals surface area contributed by atoms with E-state index in [2.05, 4.69) is 4.98 Å². The van der Waals surface area contributed by atoms with Crippen LogP contribution in [0.25, 0.3) is 0 Å². The van der Waals surface area contributed by atoms with Crippen molar-refractivity contribution in [3.05, 3.63) is 59.4 Å². The maximum absolute atomic E-state index is 9.63.